The second kappa shape index (κ2) is 0.852. The van der Waals surface area contributed by atoms with E-state index in [0.717, 1.165) is 0 Å². The maximum absolute atomic E-state index is 1.68. The molecule has 6 saturated carbocycles. The van der Waals surface area contributed by atoms with Gasteiger partial charge in [-0.2, -0.15) is 0 Å². The average Bonchev–Trinajstić information content (AvgIpc) is 2.32. The van der Waals surface area contributed by atoms with Crippen LogP contribution in [0.1, 0.15) is 12.8 Å². The van der Waals surface area contributed by atoms with Crippen LogP contribution in [0.15, 0.2) is 0 Å². The molecule has 6 rings (SSSR count). The Balaban J connectivity index is 1.94. The lowest BCUT2D eigenvalue weighted by Crippen LogP contribution is -2.60. The van der Waals surface area contributed by atoms with E-state index in [1.54, 1.807) is 12.8 Å². The zero-order valence-corrected chi connectivity index (χ0v) is 6.03. The molecule has 0 unspecified atom stereocenters. The molecule has 0 nitrogen and oxygen atoms in total. The first-order chi connectivity index (χ1) is 4.97. The third-order valence-corrected chi connectivity index (χ3v) is 5.94. The third-order valence-electron chi connectivity index (χ3n) is 5.94. The van der Waals surface area contributed by atoms with E-state index in [2.05, 4.69) is 0 Å². The van der Waals surface area contributed by atoms with Gasteiger partial charge in [-0.25, -0.2) is 0 Å². The smallest absolute Gasteiger partial charge is 0.0315 e. The molecule has 8 atom stereocenters. The molecule has 0 amide bonds. The Hall–Kier alpha value is 0. The molecule has 0 saturated heterocycles. The Kier molecular flexibility index (Phi) is 0.352. The Labute approximate surface area is 61.0 Å². The number of hydrogen-bond acceptors (Lipinski definition) is 0. The molecule has 0 aromatic heterocycles. The van der Waals surface area contributed by atoms with E-state index < -0.39 is 0 Å². The lowest BCUT2D eigenvalue weighted by atomic mass is 9.41. The fraction of sp³-hybridized carbons (Fsp3) is 1.00. The summed E-state index contributed by atoms with van der Waals surface area (Å²) in [5.74, 6) is 10.3. The van der Waals surface area contributed by atoms with Crippen LogP contribution in [0.2, 0.25) is 0 Å². The van der Waals surface area contributed by atoms with Gasteiger partial charge in [0.05, 0.1) is 0 Å². The van der Waals surface area contributed by atoms with E-state index in [-0.39, 0.29) is 0 Å². The second-order valence-electron chi connectivity index (χ2n) is 5.44. The van der Waals surface area contributed by atoms with Gasteiger partial charge in [0, 0.05) is 0 Å². The molecule has 0 aliphatic heterocycles. The minimum atomic E-state index is 1.27. The van der Waals surface area contributed by atoms with Crippen LogP contribution in [0, 0.1) is 47.3 Å². The second-order valence-corrected chi connectivity index (χ2v) is 5.44. The molecule has 0 heterocycles. The van der Waals surface area contributed by atoms with Crippen LogP contribution in [-0.2, 0) is 0 Å². The van der Waals surface area contributed by atoms with E-state index in [1.807, 2.05) is 0 Å². The van der Waals surface area contributed by atoms with Gasteiger partial charge in [-0.05, 0) is 60.2 Å². The van der Waals surface area contributed by atoms with E-state index in [9.17, 15) is 0 Å². The lowest BCUT2D eigenvalue weighted by molar-refractivity contribution is -0.169. The zero-order chi connectivity index (χ0) is 6.03. The third kappa shape index (κ3) is 0.170. The molecule has 6 aliphatic carbocycles. The van der Waals surface area contributed by atoms with Crippen molar-refractivity contribution < 1.29 is 0 Å². The van der Waals surface area contributed by atoms with Crippen molar-refractivity contribution in [3.05, 3.63) is 0 Å². The van der Waals surface area contributed by atoms with Crippen molar-refractivity contribution in [2.75, 3.05) is 0 Å². The maximum atomic E-state index is 1.68. The molecule has 6 aliphatic rings. The summed E-state index contributed by atoms with van der Waals surface area (Å²) in [4.78, 5) is 0. The molecule has 4 bridgehead atoms. The predicted molar refractivity (Wildman–Crippen MR) is 37.2 cm³/mol. The normalized spacial score (nSPS) is 91.2. The van der Waals surface area contributed by atoms with Crippen molar-refractivity contribution in [1.29, 1.82) is 0 Å². The van der Waals surface area contributed by atoms with Crippen molar-refractivity contribution in [1.82, 2.24) is 0 Å². The average molecular weight is 132 g/mol. The van der Waals surface area contributed by atoms with Gasteiger partial charge in [0.1, 0.15) is 0 Å². The Bertz CT molecular complexity index is 201. The summed E-state index contributed by atoms with van der Waals surface area (Å²) in [5.41, 5.74) is 0. The fourth-order valence-corrected chi connectivity index (χ4v) is 6.15. The van der Waals surface area contributed by atoms with Crippen molar-refractivity contribution in [2.24, 2.45) is 47.3 Å². The van der Waals surface area contributed by atoms with E-state index in [4.69, 9.17) is 0 Å². The quantitative estimate of drug-likeness (QED) is 0.471. The summed E-state index contributed by atoms with van der Waals surface area (Å²) in [6, 6.07) is 0. The molecule has 6 fully saturated rings. The molecule has 0 heteroatoms. The Morgan fingerprint density at radius 1 is 0.500 bits per heavy atom. The topological polar surface area (TPSA) is 0 Å². The largest absolute Gasteiger partial charge is 0.0465 e. The highest BCUT2D eigenvalue weighted by molar-refractivity contribution is 5.30. The van der Waals surface area contributed by atoms with E-state index in [0.29, 0.717) is 0 Å². The van der Waals surface area contributed by atoms with Gasteiger partial charge >= 0.3 is 0 Å². The zero-order valence-electron chi connectivity index (χ0n) is 6.03. The molecule has 0 aromatic carbocycles. The van der Waals surface area contributed by atoms with Gasteiger partial charge < -0.3 is 0 Å². The van der Waals surface area contributed by atoms with Crippen LogP contribution in [0.5, 0.6) is 0 Å². The van der Waals surface area contributed by atoms with E-state index in [1.165, 1.54) is 47.3 Å². The molecule has 0 N–H and O–H groups in total. The van der Waals surface area contributed by atoms with Crippen molar-refractivity contribution >= 4 is 0 Å². The molecule has 10 heavy (non-hydrogen) atoms. The molecule has 0 radical (unpaired) electrons. The van der Waals surface area contributed by atoms with Crippen LogP contribution >= 0.6 is 0 Å². The Morgan fingerprint density at radius 3 is 1.40 bits per heavy atom. The highest BCUT2D eigenvalue weighted by Crippen LogP contribution is 2.88. The standard InChI is InChI=1S/C10H12/c1-3-4-2-6-7(3)9-5(1)8(4)10(6)9/h3-10H,1-2H2/t3-,4-,5-,6+,7-,8-,9-,10+/m1/s1. The SMILES string of the molecule is C1[C@@H]2[C@H]3C[C@H]4[C@@H]2[C@H]2[C@H]1[C@@H]3[C@H]42. The monoisotopic (exact) mass is 132 g/mol. The first kappa shape index (κ1) is 4.13. The first-order valence-electron chi connectivity index (χ1n) is 4.97. The highest BCUT2D eigenvalue weighted by atomic mass is 14.9. The number of rotatable bonds is 0. The van der Waals surface area contributed by atoms with Crippen LogP contribution in [-0.4, -0.2) is 0 Å². The molecular formula is C10H12. The maximum Gasteiger partial charge on any atom is -0.0315 e. The van der Waals surface area contributed by atoms with Gasteiger partial charge in [-0.15, -0.1) is 0 Å². The summed E-state index contributed by atoms with van der Waals surface area (Å²) in [5, 5.41) is 0. The van der Waals surface area contributed by atoms with Crippen molar-refractivity contribution in [3.8, 4) is 0 Å². The van der Waals surface area contributed by atoms with E-state index >= 15 is 0 Å². The van der Waals surface area contributed by atoms with Gasteiger partial charge in [-0.3, -0.25) is 0 Å². The summed E-state index contributed by atoms with van der Waals surface area (Å²) >= 11 is 0. The summed E-state index contributed by atoms with van der Waals surface area (Å²) in [6.07, 6.45) is 3.36. The van der Waals surface area contributed by atoms with Crippen LogP contribution in [0.4, 0.5) is 0 Å². The van der Waals surface area contributed by atoms with Crippen LogP contribution in [0.25, 0.3) is 0 Å². The lowest BCUT2D eigenvalue weighted by Gasteiger charge is -2.63. The predicted octanol–water partition coefficient (Wildman–Crippen LogP) is 1.76. The van der Waals surface area contributed by atoms with Crippen LogP contribution < -0.4 is 0 Å². The van der Waals surface area contributed by atoms with Gasteiger partial charge in [0.2, 0.25) is 0 Å². The van der Waals surface area contributed by atoms with Crippen molar-refractivity contribution in [2.45, 2.75) is 12.8 Å². The minimum absolute atomic E-state index is 1.27. The minimum Gasteiger partial charge on any atom is -0.0465 e. The molecule has 52 valence electrons. The Morgan fingerprint density at radius 2 is 1.00 bits per heavy atom. The summed E-state index contributed by atoms with van der Waals surface area (Å²) < 4.78 is 0. The fourth-order valence-electron chi connectivity index (χ4n) is 6.15. The van der Waals surface area contributed by atoms with Gasteiger partial charge in [0.15, 0.2) is 0 Å². The van der Waals surface area contributed by atoms with Gasteiger partial charge in [0.25, 0.3) is 0 Å². The summed E-state index contributed by atoms with van der Waals surface area (Å²) in [6.45, 7) is 0. The van der Waals surface area contributed by atoms with Crippen molar-refractivity contribution in [3.63, 3.8) is 0 Å². The molecular weight excluding hydrogens is 120 g/mol. The van der Waals surface area contributed by atoms with Crippen LogP contribution in [0.3, 0.4) is 0 Å². The summed E-state index contributed by atoms with van der Waals surface area (Å²) in [7, 11) is 0. The first-order valence-corrected chi connectivity index (χ1v) is 4.97. The molecule has 0 aromatic rings. The van der Waals surface area contributed by atoms with Gasteiger partial charge in [-0.1, -0.05) is 0 Å². The highest BCUT2D eigenvalue weighted by Gasteiger charge is 2.83. The number of hydrogen-bond donors (Lipinski definition) is 0. The molecule has 0 spiro atoms.